The van der Waals surface area contributed by atoms with Gasteiger partial charge < -0.3 is 0 Å². The maximum Gasteiger partial charge on any atom is 0 e. The second-order valence-corrected chi connectivity index (χ2v) is 6.13. The third kappa shape index (κ3) is 6.02. The molecule has 0 N–H and O–H groups in total. The fraction of sp³-hybridized carbons (Fsp3) is 0.700. The Morgan fingerprint density at radius 3 is 1.29 bits per heavy atom. The Kier molecular flexibility index (Phi) is 11.6. The topological polar surface area (TPSA) is 0 Å². The van der Waals surface area contributed by atoms with Crippen LogP contribution in [0.4, 0.5) is 0 Å². The summed E-state index contributed by atoms with van der Waals surface area (Å²) in [7, 11) is 0. The Morgan fingerprint density at radius 1 is 0.762 bits per heavy atom. The number of hydrogen-bond donors (Lipinski definition) is 0. The van der Waals surface area contributed by atoms with E-state index in [-0.39, 0.29) is 0 Å². The van der Waals surface area contributed by atoms with Crippen LogP contribution >= 0.6 is 0 Å². The summed E-state index contributed by atoms with van der Waals surface area (Å²) < 4.78 is 0. The van der Waals surface area contributed by atoms with Crippen molar-refractivity contribution in [3.05, 3.63) is 33.9 Å². The molecule has 0 fully saturated rings. The molecule has 0 amide bonds. The monoisotopic (exact) mass is 529 g/mol. The largest absolute Gasteiger partial charge is 0.177 e. The first kappa shape index (κ1) is 24.3. The van der Waals surface area contributed by atoms with E-state index in [4.69, 9.17) is 0 Å². The maximum atomic E-state index is 3.45. The molecule has 1 aromatic rings. The minimum atomic E-state index is 0. The van der Waals surface area contributed by atoms with Crippen LogP contribution < -0.4 is 0 Å². The third-order valence-corrected chi connectivity index (χ3v) is 4.04. The number of hydrogen-bond acceptors (Lipinski definition) is 0. The zero-order valence-corrected chi connectivity index (χ0v) is 18.9. The summed E-state index contributed by atoms with van der Waals surface area (Å²) in [6, 6.07) is 3.45. The number of rotatable bonds is 1. The second kappa shape index (κ2) is 10.0. The standard InChI is InChI=1S/C16H25.2C2H6.Es/c1-10-9-11(2)13(4)15(12(10)3)14(5)16(6,7)8;2*1-2;/h14H,1-8H3;2*1-2H3;/q-1;;;. The van der Waals surface area contributed by atoms with Crippen molar-refractivity contribution >= 4 is 0 Å². The molecule has 1 atom stereocenters. The maximum absolute atomic E-state index is 3.45. The molecule has 21 heavy (non-hydrogen) atoms. The SMILES string of the molecule is CC.CC.Cc1[c-]c(C)c(C)c(C(C)C(C)(C)C)c1C.[Es]. The van der Waals surface area contributed by atoms with Crippen molar-refractivity contribution < 1.29 is 0 Å². The van der Waals surface area contributed by atoms with E-state index in [0.29, 0.717) is 11.3 Å². The average molecular weight is 530 g/mol. The molecule has 1 radical (unpaired) electrons. The minimum Gasteiger partial charge on any atom is -0.177 e. The third-order valence-electron chi connectivity index (χ3n) is 4.04. The molecular weight excluding hydrogens is 492 g/mol. The molecule has 1 aromatic carbocycles. The Morgan fingerprint density at radius 2 is 1.05 bits per heavy atom. The molecule has 1 rings (SSSR count). The molecule has 1 unspecified atom stereocenters. The van der Waals surface area contributed by atoms with E-state index >= 15 is 0 Å². The van der Waals surface area contributed by atoms with E-state index in [2.05, 4.69) is 61.5 Å². The van der Waals surface area contributed by atoms with Gasteiger partial charge in [-0.1, -0.05) is 83.1 Å². The van der Waals surface area contributed by atoms with Crippen LogP contribution in [0.2, 0.25) is 0 Å². The Bertz CT molecular complexity index is 371. The first-order valence-corrected chi connectivity index (χ1v) is 8.15. The minimum absolute atomic E-state index is 0. The van der Waals surface area contributed by atoms with Gasteiger partial charge in [-0.05, 0) is 11.3 Å². The second-order valence-electron chi connectivity index (χ2n) is 6.13. The predicted molar refractivity (Wildman–Crippen MR) is 94.8 cm³/mol. The van der Waals surface area contributed by atoms with Gasteiger partial charge in [-0.15, -0.1) is 5.56 Å². The molecule has 0 saturated carbocycles. The van der Waals surface area contributed by atoms with Crippen molar-refractivity contribution in [1.29, 1.82) is 0 Å². The molecule has 0 heterocycles. The quantitative estimate of drug-likeness (QED) is 0.347. The van der Waals surface area contributed by atoms with Crippen LogP contribution in [0.15, 0.2) is 0 Å². The van der Waals surface area contributed by atoms with Crippen molar-refractivity contribution in [1.82, 2.24) is 0 Å². The molecule has 0 saturated heterocycles. The van der Waals surface area contributed by atoms with E-state index in [1.165, 1.54) is 27.8 Å². The summed E-state index contributed by atoms with van der Waals surface area (Å²) >= 11 is 0. The van der Waals surface area contributed by atoms with Crippen molar-refractivity contribution in [2.24, 2.45) is 5.41 Å². The van der Waals surface area contributed by atoms with Crippen LogP contribution in [0.1, 0.15) is 89.1 Å². The van der Waals surface area contributed by atoms with Crippen molar-refractivity contribution in [3.8, 4) is 0 Å². The summed E-state index contributed by atoms with van der Waals surface area (Å²) in [5.41, 5.74) is 7.29. The number of benzene rings is 1. The van der Waals surface area contributed by atoms with Gasteiger partial charge in [-0.3, -0.25) is 0 Å². The van der Waals surface area contributed by atoms with Crippen molar-refractivity contribution in [2.75, 3.05) is 0 Å². The first-order valence-electron chi connectivity index (χ1n) is 8.15. The van der Waals surface area contributed by atoms with E-state index < -0.39 is 0 Å². The van der Waals surface area contributed by atoms with Gasteiger partial charge in [0.25, 0.3) is 0 Å². The van der Waals surface area contributed by atoms with Gasteiger partial charge in [0, 0.05) is 0 Å². The Balaban J connectivity index is -0.000000595. The fourth-order valence-electron chi connectivity index (χ4n) is 2.24. The fourth-order valence-corrected chi connectivity index (χ4v) is 2.24. The first-order chi connectivity index (χ1) is 9.16. The summed E-state index contributed by atoms with van der Waals surface area (Å²) in [5, 5.41) is 0. The summed E-state index contributed by atoms with van der Waals surface area (Å²) in [6.07, 6.45) is 0. The Labute approximate surface area is 129 Å². The smallest absolute Gasteiger partial charge is 0 e. The van der Waals surface area contributed by atoms with Crippen LogP contribution in [-0.4, -0.2) is 0 Å². The van der Waals surface area contributed by atoms with Gasteiger partial charge in [0.1, 0.15) is 0 Å². The zero-order chi connectivity index (χ0) is 16.7. The molecule has 0 nitrogen and oxygen atoms in total. The Hall–Kier alpha value is -1.78. The molecule has 1 heteroatoms. The van der Waals surface area contributed by atoms with E-state index in [1.807, 2.05) is 27.7 Å². The van der Waals surface area contributed by atoms with Crippen molar-refractivity contribution in [2.45, 2.75) is 89.0 Å². The van der Waals surface area contributed by atoms with Gasteiger partial charge in [-0.25, -0.2) is 0 Å². The van der Waals surface area contributed by atoms with Crippen LogP contribution in [0.25, 0.3) is 0 Å². The van der Waals surface area contributed by atoms with Gasteiger partial charge in [-0.2, -0.15) is 28.3 Å². The normalized spacial score (nSPS) is 11.2. The van der Waals surface area contributed by atoms with Crippen LogP contribution in [0.3, 0.4) is 0 Å². The zero-order valence-electron chi connectivity index (χ0n) is 16.4. The average Bonchev–Trinajstić information content (AvgIpc) is 2.40. The molecule has 0 aromatic heterocycles. The predicted octanol–water partition coefficient (Wildman–Crippen LogP) is 6.92. The number of aryl methyl sites for hydroxylation is 2. The summed E-state index contributed by atoms with van der Waals surface area (Å²) in [6.45, 7) is 26.1. The summed E-state index contributed by atoms with van der Waals surface area (Å²) in [4.78, 5) is 0. The summed E-state index contributed by atoms with van der Waals surface area (Å²) in [5.74, 6) is 0.583. The van der Waals surface area contributed by atoms with Crippen LogP contribution in [-0.2, 0) is 0 Å². The molecular formula is C20H37Es-. The van der Waals surface area contributed by atoms with Crippen molar-refractivity contribution in [3.63, 3.8) is 0 Å². The van der Waals surface area contributed by atoms with E-state index in [0.717, 1.165) is 0 Å². The molecule has 0 bridgehead atoms. The van der Waals surface area contributed by atoms with Crippen LogP contribution in [0, 0.1) is 39.2 Å². The van der Waals surface area contributed by atoms with E-state index in [9.17, 15) is 0 Å². The van der Waals surface area contributed by atoms with Gasteiger partial charge >= 0.3 is 0 Å². The van der Waals surface area contributed by atoms with Gasteiger partial charge in [0.2, 0.25) is 0 Å². The van der Waals surface area contributed by atoms with Gasteiger partial charge in [0.15, 0.2) is 0 Å². The molecule has 129 valence electrons. The van der Waals surface area contributed by atoms with Gasteiger partial charge in [0.05, 0.1) is 0 Å². The molecule has 0 spiro atoms. The molecule has 0 aliphatic carbocycles. The van der Waals surface area contributed by atoms with Crippen LogP contribution in [0.5, 0.6) is 0 Å². The van der Waals surface area contributed by atoms with E-state index in [1.54, 1.807) is 0 Å². The molecule has 0 aliphatic rings. The molecule has 0 aliphatic heterocycles.